The van der Waals surface area contributed by atoms with Gasteiger partial charge in [-0.25, -0.2) is 0 Å². The van der Waals surface area contributed by atoms with Gasteiger partial charge in [0.05, 0.1) is 4.92 Å². The van der Waals surface area contributed by atoms with Gasteiger partial charge in [-0.1, -0.05) is 77.9 Å². The number of carbonyl (C=O) groups excluding carboxylic acids is 3. The van der Waals surface area contributed by atoms with Gasteiger partial charge in [-0.3, -0.25) is 24.5 Å². The van der Waals surface area contributed by atoms with Crippen LogP contribution in [0, 0.1) is 10.1 Å². The van der Waals surface area contributed by atoms with Gasteiger partial charge in [0.25, 0.3) is 11.6 Å². The van der Waals surface area contributed by atoms with Crippen molar-refractivity contribution in [2.45, 2.75) is 58.5 Å². The van der Waals surface area contributed by atoms with E-state index in [1.165, 1.54) is 24.3 Å². The van der Waals surface area contributed by atoms with E-state index in [4.69, 9.17) is 4.74 Å². The summed E-state index contributed by atoms with van der Waals surface area (Å²) in [6, 6.07) is 19.2. The first-order valence-electron chi connectivity index (χ1n) is 12.6. The van der Waals surface area contributed by atoms with Gasteiger partial charge in [-0.15, -0.1) is 0 Å². The first kappa shape index (κ1) is 29.2. The van der Waals surface area contributed by atoms with Crippen molar-refractivity contribution in [3.05, 3.63) is 111 Å². The largest absolute Gasteiger partial charge is 0.448 e. The maximum atomic E-state index is 13.2. The minimum Gasteiger partial charge on any atom is -0.448 e. The van der Waals surface area contributed by atoms with Crippen LogP contribution in [0.1, 0.15) is 85.1 Å². The molecule has 8 heteroatoms. The van der Waals surface area contributed by atoms with Crippen LogP contribution in [0.5, 0.6) is 0 Å². The lowest BCUT2D eigenvalue weighted by Crippen LogP contribution is -2.33. The summed E-state index contributed by atoms with van der Waals surface area (Å²) in [5, 5.41) is 13.6. The summed E-state index contributed by atoms with van der Waals surface area (Å²) >= 11 is 0. The van der Waals surface area contributed by atoms with Crippen LogP contribution in [0.2, 0.25) is 0 Å². The Balaban J connectivity index is 1.81. The third-order valence-electron chi connectivity index (χ3n) is 6.27. The molecule has 3 rings (SSSR count). The highest BCUT2D eigenvalue weighted by Gasteiger charge is 2.27. The van der Waals surface area contributed by atoms with Crippen molar-refractivity contribution in [1.82, 2.24) is 5.32 Å². The third kappa shape index (κ3) is 7.60. The number of esters is 1. The molecule has 1 amide bonds. The van der Waals surface area contributed by atoms with E-state index in [1.807, 2.05) is 12.1 Å². The van der Waals surface area contributed by atoms with Crippen LogP contribution in [0.3, 0.4) is 0 Å². The quantitative estimate of drug-likeness (QED) is 0.163. The molecule has 204 valence electrons. The van der Waals surface area contributed by atoms with Crippen LogP contribution in [0.15, 0.2) is 72.8 Å². The number of rotatable bonds is 8. The smallest absolute Gasteiger partial charge is 0.326 e. The standard InChI is InChI=1S/C31H34N2O6/c1-30(2,3)23-16-22(17-24(18-23)31(4,5)6)29(36)32-19-26(34)39-28(27(35)20-10-8-7-9-11-20)21-12-14-25(15-13-21)33(37)38/h7-18,28H,19H2,1-6H3,(H,32,36)/t28-/m0/s1. The lowest BCUT2D eigenvalue weighted by Gasteiger charge is -2.26. The van der Waals surface area contributed by atoms with Crippen molar-refractivity contribution in [2.24, 2.45) is 0 Å². The van der Waals surface area contributed by atoms with Gasteiger partial charge in [-0.05, 0) is 46.2 Å². The number of hydrogen-bond acceptors (Lipinski definition) is 6. The molecule has 0 unspecified atom stereocenters. The Hall–Kier alpha value is -4.33. The van der Waals surface area contributed by atoms with Crippen LogP contribution in [0.4, 0.5) is 5.69 Å². The second kappa shape index (κ2) is 11.6. The average molecular weight is 531 g/mol. The van der Waals surface area contributed by atoms with Crippen molar-refractivity contribution < 1.29 is 24.0 Å². The number of carbonyl (C=O) groups is 3. The number of Topliss-reactive ketones (excluding diaryl/α,β-unsaturated/α-hetero) is 1. The third-order valence-corrected chi connectivity index (χ3v) is 6.27. The van der Waals surface area contributed by atoms with E-state index >= 15 is 0 Å². The second-order valence-corrected chi connectivity index (χ2v) is 11.4. The number of non-ortho nitro benzene ring substituents is 1. The minimum atomic E-state index is -1.34. The molecular formula is C31H34N2O6. The van der Waals surface area contributed by atoms with E-state index in [9.17, 15) is 24.5 Å². The minimum absolute atomic E-state index is 0.157. The summed E-state index contributed by atoms with van der Waals surface area (Å²) in [6.07, 6.45) is -1.34. The molecule has 39 heavy (non-hydrogen) atoms. The number of nitrogens with zero attached hydrogens (tertiary/aromatic N) is 1. The molecule has 1 N–H and O–H groups in total. The van der Waals surface area contributed by atoms with Gasteiger partial charge in [0.2, 0.25) is 5.78 Å². The monoisotopic (exact) mass is 530 g/mol. The highest BCUT2D eigenvalue weighted by Crippen LogP contribution is 2.30. The van der Waals surface area contributed by atoms with Crippen LogP contribution in [0.25, 0.3) is 0 Å². The molecular weight excluding hydrogens is 496 g/mol. The zero-order chi connectivity index (χ0) is 29.0. The molecule has 0 aromatic heterocycles. The molecule has 0 fully saturated rings. The number of ether oxygens (including phenoxy) is 1. The fourth-order valence-electron chi connectivity index (χ4n) is 3.85. The molecule has 0 aliphatic carbocycles. The molecule has 0 aliphatic heterocycles. The predicted octanol–water partition coefficient (Wildman–Crippen LogP) is 6.09. The van der Waals surface area contributed by atoms with Gasteiger partial charge in [-0.2, -0.15) is 0 Å². The van der Waals surface area contributed by atoms with E-state index in [0.717, 1.165) is 11.1 Å². The second-order valence-electron chi connectivity index (χ2n) is 11.4. The Morgan fingerprint density at radius 3 is 1.85 bits per heavy atom. The molecule has 0 bridgehead atoms. The van der Waals surface area contributed by atoms with Crippen LogP contribution >= 0.6 is 0 Å². The van der Waals surface area contributed by atoms with Gasteiger partial charge in [0, 0.05) is 28.8 Å². The summed E-state index contributed by atoms with van der Waals surface area (Å²) in [6.45, 7) is 11.9. The summed E-state index contributed by atoms with van der Waals surface area (Å²) in [7, 11) is 0. The Morgan fingerprint density at radius 1 is 0.821 bits per heavy atom. The van der Waals surface area contributed by atoms with Gasteiger partial charge in [0.1, 0.15) is 6.54 Å². The highest BCUT2D eigenvalue weighted by atomic mass is 16.6. The normalized spacial score (nSPS) is 12.4. The number of benzene rings is 3. The zero-order valence-electron chi connectivity index (χ0n) is 23.1. The summed E-state index contributed by atoms with van der Waals surface area (Å²) < 4.78 is 5.52. The Morgan fingerprint density at radius 2 is 1.36 bits per heavy atom. The number of nitro benzene ring substituents is 1. The van der Waals surface area contributed by atoms with Gasteiger partial charge < -0.3 is 10.1 Å². The van der Waals surface area contributed by atoms with Crippen molar-refractivity contribution >= 4 is 23.3 Å². The van der Waals surface area contributed by atoms with E-state index < -0.39 is 35.2 Å². The summed E-state index contributed by atoms with van der Waals surface area (Å²) in [5.41, 5.74) is 2.47. The molecule has 3 aromatic rings. The Kier molecular flexibility index (Phi) is 8.69. The summed E-state index contributed by atoms with van der Waals surface area (Å²) in [5.74, 6) is -1.75. The van der Waals surface area contributed by atoms with Crippen molar-refractivity contribution in [3.63, 3.8) is 0 Å². The Labute approximate surface area is 228 Å². The maximum Gasteiger partial charge on any atom is 0.326 e. The molecule has 0 aliphatic rings. The Bertz CT molecular complexity index is 1330. The lowest BCUT2D eigenvalue weighted by molar-refractivity contribution is -0.384. The van der Waals surface area contributed by atoms with Crippen molar-refractivity contribution in [2.75, 3.05) is 6.54 Å². The van der Waals surface area contributed by atoms with Gasteiger partial charge in [0.15, 0.2) is 6.10 Å². The van der Waals surface area contributed by atoms with E-state index in [0.29, 0.717) is 11.1 Å². The van der Waals surface area contributed by atoms with Crippen LogP contribution < -0.4 is 5.32 Å². The fraction of sp³-hybridized carbons (Fsp3) is 0.323. The molecule has 8 nitrogen and oxygen atoms in total. The number of nitrogens with one attached hydrogen (secondary N) is 1. The molecule has 1 atom stereocenters. The maximum absolute atomic E-state index is 13.2. The molecule has 0 radical (unpaired) electrons. The lowest BCUT2D eigenvalue weighted by atomic mass is 9.79. The predicted molar refractivity (Wildman–Crippen MR) is 149 cm³/mol. The molecule has 0 heterocycles. The van der Waals surface area contributed by atoms with E-state index in [1.54, 1.807) is 30.3 Å². The molecule has 0 spiro atoms. The first-order chi connectivity index (χ1) is 18.2. The first-order valence-corrected chi connectivity index (χ1v) is 12.6. The zero-order valence-corrected chi connectivity index (χ0v) is 23.1. The van der Waals surface area contributed by atoms with Crippen LogP contribution in [-0.2, 0) is 20.4 Å². The molecule has 3 aromatic carbocycles. The SMILES string of the molecule is CC(C)(C)c1cc(C(=O)NCC(=O)O[C@H](C(=O)c2ccccc2)c2ccc([N+](=O)[O-])cc2)cc(C(C)(C)C)c1. The summed E-state index contributed by atoms with van der Waals surface area (Å²) in [4.78, 5) is 49.6. The molecule has 0 saturated heterocycles. The average Bonchev–Trinajstić information content (AvgIpc) is 2.89. The molecule has 0 saturated carbocycles. The number of nitro groups is 1. The van der Waals surface area contributed by atoms with Crippen molar-refractivity contribution in [3.8, 4) is 0 Å². The topological polar surface area (TPSA) is 116 Å². The number of hydrogen-bond donors (Lipinski definition) is 1. The van der Waals surface area contributed by atoms with E-state index in [2.05, 4.69) is 52.9 Å². The number of amides is 1. The highest BCUT2D eigenvalue weighted by molar-refractivity contribution is 6.01. The fourth-order valence-corrected chi connectivity index (χ4v) is 3.85. The van der Waals surface area contributed by atoms with Gasteiger partial charge >= 0.3 is 5.97 Å². The number of ketones is 1. The van der Waals surface area contributed by atoms with Crippen LogP contribution in [-0.4, -0.2) is 29.1 Å². The van der Waals surface area contributed by atoms with E-state index in [-0.39, 0.29) is 22.1 Å². The van der Waals surface area contributed by atoms with Crippen molar-refractivity contribution in [1.29, 1.82) is 0 Å².